The average Bonchev–Trinajstić information content (AvgIpc) is 3.45. The Balaban J connectivity index is 1.28. The molecule has 2 bridgehead atoms. The van der Waals surface area contributed by atoms with Gasteiger partial charge in [0.05, 0.1) is 24.0 Å². The van der Waals surface area contributed by atoms with Crippen LogP contribution in [0.2, 0.25) is 0 Å². The summed E-state index contributed by atoms with van der Waals surface area (Å²) in [6, 6.07) is 5.00. The van der Waals surface area contributed by atoms with Gasteiger partial charge in [-0.25, -0.2) is 9.59 Å². The van der Waals surface area contributed by atoms with E-state index in [2.05, 4.69) is 37.2 Å². The Morgan fingerprint density at radius 2 is 1.53 bits per heavy atom. The van der Waals surface area contributed by atoms with E-state index >= 15 is 0 Å². The van der Waals surface area contributed by atoms with Crippen LogP contribution in [0, 0.1) is 29.6 Å². The van der Waals surface area contributed by atoms with Gasteiger partial charge in [-0.3, -0.25) is 19.3 Å². The third kappa shape index (κ3) is 4.96. The van der Waals surface area contributed by atoms with Crippen molar-refractivity contribution >= 4 is 67.2 Å². The summed E-state index contributed by atoms with van der Waals surface area (Å²) in [6.45, 7) is 5.04. The zero-order valence-electron chi connectivity index (χ0n) is 20.1. The molecule has 1 aliphatic heterocycles. The Morgan fingerprint density at radius 1 is 0.972 bits per heavy atom. The lowest BCUT2D eigenvalue weighted by Gasteiger charge is -2.28. The lowest BCUT2D eigenvalue weighted by atomic mass is 9.81. The lowest BCUT2D eigenvalue weighted by Crippen LogP contribution is -2.45. The van der Waals surface area contributed by atoms with E-state index in [1.54, 1.807) is 0 Å². The third-order valence-corrected chi connectivity index (χ3v) is 10.3. The number of hydrogen-bond donors (Lipinski definition) is 1. The number of carbonyl (C=O) groups excluding carboxylic acids is 5. The molecule has 1 saturated heterocycles. The molecule has 2 saturated carbocycles. The number of rotatable bonds is 8. The van der Waals surface area contributed by atoms with Crippen LogP contribution in [0.25, 0.3) is 0 Å². The average molecular weight is 628 g/mol. The molecule has 3 amide bonds. The van der Waals surface area contributed by atoms with Crippen LogP contribution < -0.4 is 5.32 Å². The number of ether oxygens (including phenoxy) is 2. The molecule has 0 aromatic heterocycles. The first-order valence-electron chi connectivity index (χ1n) is 11.9. The van der Waals surface area contributed by atoms with E-state index in [1.807, 2.05) is 13.8 Å². The highest BCUT2D eigenvalue weighted by molar-refractivity contribution is 9.12. The quantitative estimate of drug-likeness (QED) is 0.267. The number of alkyl halides is 2. The predicted molar refractivity (Wildman–Crippen MR) is 136 cm³/mol. The monoisotopic (exact) mass is 626 g/mol. The van der Waals surface area contributed by atoms with Crippen LogP contribution in [0.3, 0.4) is 0 Å². The number of esters is 2. The molecular weight excluding hydrogens is 600 g/mol. The topological polar surface area (TPSA) is 119 Å². The summed E-state index contributed by atoms with van der Waals surface area (Å²) in [7, 11) is 0. The predicted octanol–water partition coefficient (Wildman–Crippen LogP) is 3.15. The summed E-state index contributed by atoms with van der Waals surface area (Å²) < 4.78 is 10.3. The Bertz CT molecular complexity index is 1040. The van der Waals surface area contributed by atoms with Crippen LogP contribution in [-0.2, 0) is 28.7 Å². The number of nitrogens with one attached hydrogen (secondary N) is 1. The van der Waals surface area contributed by atoms with E-state index in [1.165, 1.54) is 31.2 Å². The summed E-state index contributed by atoms with van der Waals surface area (Å²) in [5.74, 6) is -3.10. The minimum absolute atomic E-state index is 0.0447. The van der Waals surface area contributed by atoms with Gasteiger partial charge in [0.25, 0.3) is 5.91 Å². The highest BCUT2D eigenvalue weighted by Crippen LogP contribution is 2.60. The zero-order chi connectivity index (χ0) is 26.3. The molecule has 9 nitrogen and oxygen atoms in total. The second-order valence-electron chi connectivity index (χ2n) is 9.95. The van der Waals surface area contributed by atoms with Crippen molar-refractivity contribution in [1.29, 1.82) is 0 Å². The summed E-state index contributed by atoms with van der Waals surface area (Å²) >= 11 is 7.27. The van der Waals surface area contributed by atoms with Crippen molar-refractivity contribution in [1.82, 2.24) is 4.90 Å². The van der Waals surface area contributed by atoms with Gasteiger partial charge >= 0.3 is 11.9 Å². The second kappa shape index (κ2) is 10.6. The van der Waals surface area contributed by atoms with E-state index in [4.69, 9.17) is 9.47 Å². The van der Waals surface area contributed by atoms with Crippen LogP contribution in [0.15, 0.2) is 24.3 Å². The standard InChI is InChI=1S/C25H28Br2N2O7/c1-11(2)9-35-25(34)13-4-6-14(7-5-13)28-17(30)10-36-24(33)12(3)29-22(31)18-15-8-16(19(18)23(29)32)21(27)20(15)26/h4-7,11-12,15-16,18-21H,8-10H2,1-3H3,(H,28,30)/t12-,15+,16+,18-,19+,20-,21+/m0/s1. The van der Waals surface area contributed by atoms with Crippen LogP contribution in [0.5, 0.6) is 0 Å². The number of benzene rings is 1. The highest BCUT2D eigenvalue weighted by atomic mass is 79.9. The van der Waals surface area contributed by atoms with E-state index in [0.717, 1.165) is 11.3 Å². The van der Waals surface area contributed by atoms with Crippen LogP contribution in [0.4, 0.5) is 5.69 Å². The fourth-order valence-electron chi connectivity index (χ4n) is 5.33. The van der Waals surface area contributed by atoms with Crippen molar-refractivity contribution in [2.45, 2.75) is 42.9 Å². The molecule has 3 fully saturated rings. The van der Waals surface area contributed by atoms with Gasteiger partial charge in [-0.2, -0.15) is 0 Å². The summed E-state index contributed by atoms with van der Waals surface area (Å²) in [4.78, 5) is 64.2. The van der Waals surface area contributed by atoms with Gasteiger partial charge in [0.2, 0.25) is 11.8 Å². The highest BCUT2D eigenvalue weighted by Gasteiger charge is 2.67. The molecule has 3 aliphatic rings. The molecular formula is C25H28Br2N2O7. The molecule has 0 radical (unpaired) electrons. The molecule has 194 valence electrons. The fraction of sp³-hybridized carbons (Fsp3) is 0.560. The van der Waals surface area contributed by atoms with Crippen molar-refractivity contribution in [2.75, 3.05) is 18.5 Å². The molecule has 1 N–H and O–H groups in total. The minimum Gasteiger partial charge on any atom is -0.462 e. The summed E-state index contributed by atoms with van der Waals surface area (Å²) in [5, 5.41) is 2.58. The van der Waals surface area contributed by atoms with Crippen molar-refractivity contribution in [3.8, 4) is 0 Å². The fourth-order valence-corrected chi connectivity index (χ4v) is 7.20. The van der Waals surface area contributed by atoms with Gasteiger partial charge in [0.15, 0.2) is 6.61 Å². The van der Waals surface area contributed by atoms with Crippen molar-refractivity contribution in [2.24, 2.45) is 29.6 Å². The van der Waals surface area contributed by atoms with Crippen molar-refractivity contribution in [3.05, 3.63) is 29.8 Å². The molecule has 11 heteroatoms. The number of hydrogen-bond acceptors (Lipinski definition) is 7. The van der Waals surface area contributed by atoms with Crippen LogP contribution in [0.1, 0.15) is 37.6 Å². The maximum absolute atomic E-state index is 13.1. The number of fused-ring (bicyclic) bond motifs is 5. The molecule has 0 spiro atoms. The largest absolute Gasteiger partial charge is 0.462 e. The Labute approximate surface area is 225 Å². The van der Waals surface area contributed by atoms with Gasteiger partial charge in [-0.1, -0.05) is 45.7 Å². The molecule has 7 atom stereocenters. The number of likely N-dealkylation sites (tertiary alicyclic amines) is 1. The normalized spacial score (nSPS) is 29.3. The molecule has 0 unspecified atom stereocenters. The van der Waals surface area contributed by atoms with Crippen molar-refractivity contribution in [3.63, 3.8) is 0 Å². The van der Waals surface area contributed by atoms with E-state index in [-0.39, 0.29) is 39.2 Å². The Hall–Kier alpha value is -2.27. The maximum Gasteiger partial charge on any atom is 0.338 e. The molecule has 36 heavy (non-hydrogen) atoms. The summed E-state index contributed by atoms with van der Waals surface area (Å²) in [5.41, 5.74) is 0.760. The third-order valence-electron chi connectivity index (χ3n) is 7.05. The van der Waals surface area contributed by atoms with Gasteiger partial charge in [-0.15, -0.1) is 0 Å². The number of imide groups is 1. The molecule has 1 aromatic rings. The molecule has 1 aromatic carbocycles. The maximum atomic E-state index is 13.1. The number of amides is 3. The SMILES string of the molecule is CC(C)COC(=O)c1ccc(NC(=O)COC(=O)[C@H](C)N2C(=O)[C@@H]3[C@H]4C[C@@H]([C@H](Br)[C@@H]4Br)[C@@H]3C2=O)cc1. The first-order chi connectivity index (χ1) is 17.0. The van der Waals surface area contributed by atoms with Gasteiger partial charge in [-0.05, 0) is 55.4 Å². The molecule has 2 aliphatic carbocycles. The number of carbonyl (C=O) groups is 5. The first kappa shape index (κ1) is 26.8. The van der Waals surface area contributed by atoms with E-state index < -0.39 is 42.3 Å². The van der Waals surface area contributed by atoms with Gasteiger partial charge in [0, 0.05) is 15.3 Å². The van der Waals surface area contributed by atoms with E-state index in [0.29, 0.717) is 17.9 Å². The minimum atomic E-state index is -1.12. The van der Waals surface area contributed by atoms with Crippen LogP contribution >= 0.6 is 31.9 Å². The zero-order valence-corrected chi connectivity index (χ0v) is 23.3. The summed E-state index contributed by atoms with van der Waals surface area (Å²) in [6.07, 6.45) is 0.797. The Morgan fingerprint density at radius 3 is 2.06 bits per heavy atom. The Kier molecular flexibility index (Phi) is 7.89. The number of halogens is 2. The molecule has 1 heterocycles. The van der Waals surface area contributed by atoms with Gasteiger partial charge < -0.3 is 14.8 Å². The van der Waals surface area contributed by atoms with E-state index in [9.17, 15) is 24.0 Å². The van der Waals surface area contributed by atoms with Crippen LogP contribution in [-0.4, -0.2) is 63.5 Å². The first-order valence-corrected chi connectivity index (χ1v) is 13.7. The second-order valence-corrected chi connectivity index (χ2v) is 12.1. The number of nitrogens with zero attached hydrogens (tertiary/aromatic N) is 1. The molecule has 4 rings (SSSR count). The van der Waals surface area contributed by atoms with Gasteiger partial charge in [0.1, 0.15) is 6.04 Å². The number of anilines is 1. The smallest absolute Gasteiger partial charge is 0.338 e. The lowest BCUT2D eigenvalue weighted by molar-refractivity contribution is -0.159. The van der Waals surface area contributed by atoms with Crippen molar-refractivity contribution < 1.29 is 33.4 Å².